The highest BCUT2D eigenvalue weighted by Gasteiger charge is 2.49. The van der Waals surface area contributed by atoms with Gasteiger partial charge in [0, 0.05) is 55.4 Å². The second-order valence-corrected chi connectivity index (χ2v) is 8.47. The molecule has 1 saturated heterocycles. The standard InChI is InChI=1S/C24H22F2N4O3/c1-29(4-5-31)22(32)15-2-3-20-21(8-15)30(12-24(20)13-33-14-24)23-27-10-17(11-28-23)16-6-18(25)9-19(26)7-16/h2-3,6-11,31H,4-5,12-14H2,1H3. The molecule has 0 atom stereocenters. The molecular formula is C24H22F2N4O3. The van der Waals surface area contributed by atoms with Gasteiger partial charge in [-0.2, -0.15) is 0 Å². The molecule has 3 aromatic rings. The zero-order valence-corrected chi connectivity index (χ0v) is 18.0. The first kappa shape index (κ1) is 21.4. The van der Waals surface area contributed by atoms with Gasteiger partial charge in [0.15, 0.2) is 0 Å². The van der Waals surface area contributed by atoms with Gasteiger partial charge in [-0.3, -0.25) is 4.79 Å². The normalized spacial score (nSPS) is 15.9. The van der Waals surface area contributed by atoms with E-state index in [1.807, 2.05) is 17.0 Å². The molecule has 33 heavy (non-hydrogen) atoms. The molecule has 1 aromatic heterocycles. The Balaban J connectivity index is 1.49. The molecule has 170 valence electrons. The Bertz CT molecular complexity index is 1190. The summed E-state index contributed by atoms with van der Waals surface area (Å²) in [6.45, 7) is 1.85. The van der Waals surface area contributed by atoms with E-state index in [-0.39, 0.29) is 24.5 Å². The molecule has 0 bridgehead atoms. The Hall–Kier alpha value is -3.43. The number of carbonyl (C=O) groups is 1. The summed E-state index contributed by atoms with van der Waals surface area (Å²) in [6, 6.07) is 8.83. The van der Waals surface area contributed by atoms with Gasteiger partial charge >= 0.3 is 0 Å². The fraction of sp³-hybridized carbons (Fsp3) is 0.292. The average Bonchev–Trinajstić information content (AvgIpc) is 3.13. The summed E-state index contributed by atoms with van der Waals surface area (Å²) in [7, 11) is 1.64. The van der Waals surface area contributed by atoms with E-state index in [1.165, 1.54) is 29.4 Å². The third kappa shape index (κ3) is 3.73. The van der Waals surface area contributed by atoms with E-state index in [0.29, 0.717) is 42.4 Å². The van der Waals surface area contributed by atoms with Crippen LogP contribution in [0.1, 0.15) is 15.9 Å². The quantitative estimate of drug-likeness (QED) is 0.642. The molecule has 1 fully saturated rings. The molecule has 0 aliphatic carbocycles. The summed E-state index contributed by atoms with van der Waals surface area (Å²) in [4.78, 5) is 25.1. The van der Waals surface area contributed by atoms with Gasteiger partial charge < -0.3 is 19.6 Å². The molecule has 1 N–H and O–H groups in total. The van der Waals surface area contributed by atoms with Crippen LogP contribution < -0.4 is 4.90 Å². The lowest BCUT2D eigenvalue weighted by atomic mass is 9.80. The molecule has 2 aliphatic heterocycles. The molecular weight excluding hydrogens is 430 g/mol. The number of nitrogens with zero attached hydrogens (tertiary/aromatic N) is 4. The SMILES string of the molecule is CN(CCO)C(=O)c1ccc2c(c1)N(c1ncc(-c3cc(F)cc(F)c3)cn1)CC21COC1. The van der Waals surface area contributed by atoms with Crippen molar-refractivity contribution in [1.29, 1.82) is 0 Å². The summed E-state index contributed by atoms with van der Waals surface area (Å²) in [5.41, 5.74) is 3.04. The maximum Gasteiger partial charge on any atom is 0.253 e. The van der Waals surface area contributed by atoms with E-state index in [0.717, 1.165) is 17.3 Å². The summed E-state index contributed by atoms with van der Waals surface area (Å²) in [6.07, 6.45) is 3.06. The second kappa shape index (κ2) is 8.17. The number of benzene rings is 2. The van der Waals surface area contributed by atoms with E-state index in [1.54, 1.807) is 13.1 Å². The van der Waals surface area contributed by atoms with Crippen LogP contribution in [0.5, 0.6) is 0 Å². The van der Waals surface area contributed by atoms with Crippen molar-refractivity contribution in [3.8, 4) is 11.1 Å². The van der Waals surface area contributed by atoms with Crippen molar-refractivity contribution in [2.75, 3.05) is 44.9 Å². The molecule has 2 aromatic carbocycles. The van der Waals surface area contributed by atoms with Gasteiger partial charge in [-0.05, 0) is 35.4 Å². The first-order valence-electron chi connectivity index (χ1n) is 10.5. The van der Waals surface area contributed by atoms with Crippen molar-refractivity contribution in [3.63, 3.8) is 0 Å². The molecule has 0 unspecified atom stereocenters. The van der Waals surface area contributed by atoms with Crippen LogP contribution in [-0.4, -0.2) is 65.8 Å². The van der Waals surface area contributed by atoms with Gasteiger partial charge in [0.25, 0.3) is 5.91 Å². The molecule has 0 radical (unpaired) electrons. The van der Waals surface area contributed by atoms with E-state index in [2.05, 4.69) is 9.97 Å². The van der Waals surface area contributed by atoms with Gasteiger partial charge in [-0.25, -0.2) is 18.7 Å². The number of aliphatic hydroxyl groups excluding tert-OH is 1. The van der Waals surface area contributed by atoms with E-state index < -0.39 is 11.6 Å². The van der Waals surface area contributed by atoms with Crippen LogP contribution in [0.4, 0.5) is 20.4 Å². The predicted molar refractivity (Wildman–Crippen MR) is 117 cm³/mol. The van der Waals surface area contributed by atoms with Gasteiger partial charge in [0.05, 0.1) is 25.2 Å². The lowest BCUT2D eigenvalue weighted by Crippen LogP contribution is -2.49. The minimum Gasteiger partial charge on any atom is -0.395 e. The van der Waals surface area contributed by atoms with Crippen molar-refractivity contribution in [3.05, 3.63) is 71.6 Å². The van der Waals surface area contributed by atoms with Crippen molar-refractivity contribution < 1.29 is 23.4 Å². The summed E-state index contributed by atoms with van der Waals surface area (Å²) < 4.78 is 32.7. The average molecular weight is 452 g/mol. The topological polar surface area (TPSA) is 78.8 Å². The lowest BCUT2D eigenvalue weighted by molar-refractivity contribution is -0.0507. The molecule has 1 spiro atoms. The van der Waals surface area contributed by atoms with Crippen molar-refractivity contribution in [2.24, 2.45) is 0 Å². The molecule has 9 heteroatoms. The van der Waals surface area contributed by atoms with Gasteiger partial charge in [0.1, 0.15) is 11.6 Å². The predicted octanol–water partition coefficient (Wildman–Crippen LogP) is 2.91. The number of carbonyl (C=O) groups excluding carboxylic acids is 1. The van der Waals surface area contributed by atoms with Crippen LogP contribution in [0.25, 0.3) is 11.1 Å². The van der Waals surface area contributed by atoms with Crippen molar-refractivity contribution in [1.82, 2.24) is 14.9 Å². The summed E-state index contributed by atoms with van der Waals surface area (Å²) in [5.74, 6) is -1.10. The van der Waals surface area contributed by atoms with Gasteiger partial charge in [-0.15, -0.1) is 0 Å². The second-order valence-electron chi connectivity index (χ2n) is 8.47. The molecule has 0 saturated carbocycles. The summed E-state index contributed by atoms with van der Waals surface area (Å²) in [5, 5.41) is 9.15. The largest absolute Gasteiger partial charge is 0.395 e. The highest BCUT2D eigenvalue weighted by atomic mass is 19.1. The molecule has 3 heterocycles. The highest BCUT2D eigenvalue weighted by molar-refractivity contribution is 5.96. The Kier molecular flexibility index (Phi) is 5.30. The van der Waals surface area contributed by atoms with E-state index >= 15 is 0 Å². The van der Waals surface area contributed by atoms with E-state index in [9.17, 15) is 13.6 Å². The minimum absolute atomic E-state index is 0.116. The number of hydrogen-bond donors (Lipinski definition) is 1. The zero-order valence-electron chi connectivity index (χ0n) is 18.0. The zero-order chi connectivity index (χ0) is 23.2. The lowest BCUT2D eigenvalue weighted by Gasteiger charge is -2.38. The number of hydrogen-bond acceptors (Lipinski definition) is 6. The Morgan fingerprint density at radius 1 is 1.12 bits per heavy atom. The molecule has 5 rings (SSSR count). The molecule has 1 amide bonds. The number of aromatic nitrogens is 2. The third-order valence-electron chi connectivity index (χ3n) is 6.18. The number of aliphatic hydroxyl groups is 1. The summed E-state index contributed by atoms with van der Waals surface area (Å²) >= 11 is 0. The van der Waals surface area contributed by atoms with Crippen LogP contribution in [-0.2, 0) is 10.2 Å². The number of rotatable bonds is 5. The monoisotopic (exact) mass is 452 g/mol. The van der Waals surface area contributed by atoms with Crippen molar-refractivity contribution >= 4 is 17.5 Å². The number of ether oxygens (including phenoxy) is 1. The first-order valence-corrected chi connectivity index (χ1v) is 10.5. The van der Waals surface area contributed by atoms with E-state index in [4.69, 9.17) is 9.84 Å². The number of halogens is 2. The molecule has 2 aliphatic rings. The smallest absolute Gasteiger partial charge is 0.253 e. The third-order valence-corrected chi connectivity index (χ3v) is 6.18. The number of likely N-dealkylation sites (N-methyl/N-ethyl adjacent to an activating group) is 1. The first-order chi connectivity index (χ1) is 15.9. The van der Waals surface area contributed by atoms with Crippen LogP contribution in [0.2, 0.25) is 0 Å². The molecule has 7 nitrogen and oxygen atoms in total. The minimum atomic E-state index is -0.669. The fourth-order valence-corrected chi connectivity index (χ4v) is 4.39. The Morgan fingerprint density at radius 2 is 1.82 bits per heavy atom. The van der Waals surface area contributed by atoms with Gasteiger partial charge in [-0.1, -0.05) is 6.07 Å². The number of fused-ring (bicyclic) bond motifs is 2. The van der Waals surface area contributed by atoms with Crippen LogP contribution >= 0.6 is 0 Å². The maximum absolute atomic E-state index is 13.6. The Labute approximate surface area is 189 Å². The Morgan fingerprint density at radius 3 is 2.42 bits per heavy atom. The number of anilines is 2. The number of amides is 1. The van der Waals surface area contributed by atoms with Crippen LogP contribution in [0, 0.1) is 11.6 Å². The van der Waals surface area contributed by atoms with Crippen LogP contribution in [0.3, 0.4) is 0 Å². The van der Waals surface area contributed by atoms with Crippen LogP contribution in [0.15, 0.2) is 48.8 Å². The fourth-order valence-electron chi connectivity index (χ4n) is 4.39. The highest BCUT2D eigenvalue weighted by Crippen LogP contribution is 2.47. The van der Waals surface area contributed by atoms with Gasteiger partial charge in [0.2, 0.25) is 5.95 Å². The van der Waals surface area contributed by atoms with Crippen molar-refractivity contribution in [2.45, 2.75) is 5.41 Å². The maximum atomic E-state index is 13.6.